The number of fused-ring (bicyclic) bond motifs is 1. The van der Waals surface area contributed by atoms with Crippen LogP contribution in [0.4, 0.5) is 11.8 Å². The predicted octanol–water partition coefficient (Wildman–Crippen LogP) is 2.37. The molecule has 0 saturated heterocycles. The fourth-order valence-corrected chi connectivity index (χ4v) is 3.03. The molecule has 0 fully saturated rings. The average molecular weight is 325 g/mol. The highest BCUT2D eigenvalue weighted by Gasteiger charge is 2.09. The molecule has 0 spiro atoms. The summed E-state index contributed by atoms with van der Waals surface area (Å²) in [5.74, 6) is 0.873. The zero-order valence-corrected chi connectivity index (χ0v) is 11.5. The lowest BCUT2D eigenvalue weighted by atomic mass is 10.4. The summed E-state index contributed by atoms with van der Waals surface area (Å²) in [6.07, 6.45) is 1.57. The summed E-state index contributed by atoms with van der Waals surface area (Å²) in [4.78, 5) is 16.5. The molecule has 8 heteroatoms. The number of nitrogens with zero attached hydrogens (tertiary/aromatic N) is 3. The van der Waals surface area contributed by atoms with E-state index in [0.29, 0.717) is 18.0 Å². The number of hydrogen-bond donors (Lipinski definition) is 3. The summed E-state index contributed by atoms with van der Waals surface area (Å²) in [7, 11) is 0. The molecule has 3 heterocycles. The number of thiophene rings is 1. The van der Waals surface area contributed by atoms with Crippen LogP contribution in [0.15, 0.2) is 22.2 Å². The molecular formula is C10H9BrN6S. The van der Waals surface area contributed by atoms with Crippen LogP contribution in [0.5, 0.6) is 0 Å². The van der Waals surface area contributed by atoms with Crippen LogP contribution in [-0.4, -0.2) is 19.9 Å². The number of nitrogens with two attached hydrogens (primary N) is 1. The molecule has 0 radical (unpaired) electrons. The van der Waals surface area contributed by atoms with Crippen LogP contribution in [0, 0.1) is 0 Å². The minimum atomic E-state index is 0.211. The van der Waals surface area contributed by atoms with Gasteiger partial charge in [0.05, 0.1) is 12.9 Å². The number of imidazole rings is 1. The van der Waals surface area contributed by atoms with Gasteiger partial charge >= 0.3 is 0 Å². The van der Waals surface area contributed by atoms with Crippen LogP contribution < -0.4 is 11.1 Å². The molecule has 3 aromatic heterocycles. The molecule has 0 aromatic carbocycles. The van der Waals surface area contributed by atoms with E-state index in [-0.39, 0.29) is 5.95 Å². The Kier molecular flexibility index (Phi) is 2.88. The number of anilines is 2. The maximum atomic E-state index is 5.64. The molecule has 0 aliphatic heterocycles. The predicted molar refractivity (Wildman–Crippen MR) is 75.4 cm³/mol. The van der Waals surface area contributed by atoms with Crippen molar-refractivity contribution in [3.63, 3.8) is 0 Å². The third-order valence-corrected chi connectivity index (χ3v) is 4.34. The third kappa shape index (κ3) is 2.04. The minimum absolute atomic E-state index is 0.211. The quantitative estimate of drug-likeness (QED) is 0.687. The van der Waals surface area contributed by atoms with E-state index in [1.165, 1.54) is 4.88 Å². The Morgan fingerprint density at radius 2 is 2.33 bits per heavy atom. The molecule has 0 aliphatic carbocycles. The summed E-state index contributed by atoms with van der Waals surface area (Å²) in [5.41, 5.74) is 6.97. The Morgan fingerprint density at radius 1 is 1.44 bits per heavy atom. The van der Waals surface area contributed by atoms with Gasteiger partial charge in [-0.1, -0.05) is 0 Å². The van der Waals surface area contributed by atoms with E-state index in [0.717, 1.165) is 9.99 Å². The van der Waals surface area contributed by atoms with Crippen molar-refractivity contribution < 1.29 is 0 Å². The fraction of sp³-hybridized carbons (Fsp3) is 0.100. The van der Waals surface area contributed by atoms with Gasteiger partial charge in [-0.25, -0.2) is 4.98 Å². The van der Waals surface area contributed by atoms with Gasteiger partial charge in [-0.3, -0.25) is 0 Å². The number of halogens is 1. The van der Waals surface area contributed by atoms with E-state index in [1.807, 2.05) is 11.4 Å². The first-order valence-corrected chi connectivity index (χ1v) is 6.83. The van der Waals surface area contributed by atoms with Gasteiger partial charge < -0.3 is 16.0 Å². The van der Waals surface area contributed by atoms with Crippen LogP contribution in [0.25, 0.3) is 11.2 Å². The van der Waals surface area contributed by atoms with Gasteiger partial charge in [0.2, 0.25) is 5.95 Å². The monoisotopic (exact) mass is 324 g/mol. The standard InChI is InChI=1S/C10H9BrN6S/c11-5-1-2-18-6(5)3-13-8-7-9(15-4-14-7)17-10(12)16-8/h1-2,4H,3H2,(H4,12,13,14,15,16,17). The Bertz CT molecular complexity index is 691. The van der Waals surface area contributed by atoms with Crippen LogP contribution in [0.3, 0.4) is 0 Å². The second kappa shape index (κ2) is 4.54. The second-order valence-electron chi connectivity index (χ2n) is 3.58. The SMILES string of the molecule is Nc1nc(NCc2sccc2Br)c2[nH]cnc2n1. The summed E-state index contributed by atoms with van der Waals surface area (Å²) in [5, 5.41) is 5.26. The van der Waals surface area contributed by atoms with Gasteiger partial charge in [-0.05, 0) is 27.4 Å². The molecule has 18 heavy (non-hydrogen) atoms. The molecule has 0 aliphatic rings. The van der Waals surface area contributed by atoms with E-state index >= 15 is 0 Å². The van der Waals surface area contributed by atoms with Crippen molar-refractivity contribution in [2.75, 3.05) is 11.1 Å². The molecule has 0 bridgehead atoms. The van der Waals surface area contributed by atoms with Crippen molar-refractivity contribution in [2.45, 2.75) is 6.54 Å². The van der Waals surface area contributed by atoms with Crippen LogP contribution >= 0.6 is 27.3 Å². The highest BCUT2D eigenvalue weighted by molar-refractivity contribution is 9.10. The maximum Gasteiger partial charge on any atom is 0.224 e. The normalized spacial score (nSPS) is 10.9. The maximum absolute atomic E-state index is 5.64. The zero-order chi connectivity index (χ0) is 12.5. The molecular weight excluding hydrogens is 316 g/mol. The number of rotatable bonds is 3. The number of nitrogen functional groups attached to an aromatic ring is 1. The van der Waals surface area contributed by atoms with E-state index < -0.39 is 0 Å². The van der Waals surface area contributed by atoms with Crippen molar-refractivity contribution in [2.24, 2.45) is 0 Å². The van der Waals surface area contributed by atoms with E-state index in [1.54, 1.807) is 17.7 Å². The first-order valence-electron chi connectivity index (χ1n) is 5.16. The molecule has 6 nitrogen and oxygen atoms in total. The van der Waals surface area contributed by atoms with E-state index in [4.69, 9.17) is 5.73 Å². The molecule has 4 N–H and O–H groups in total. The molecule has 0 amide bonds. The summed E-state index contributed by atoms with van der Waals surface area (Å²) in [6, 6.07) is 2.02. The largest absolute Gasteiger partial charge is 0.368 e. The van der Waals surface area contributed by atoms with E-state index in [2.05, 4.69) is 41.2 Å². The lowest BCUT2D eigenvalue weighted by molar-refractivity contribution is 1.12. The van der Waals surface area contributed by atoms with Crippen molar-refractivity contribution >= 4 is 50.2 Å². The van der Waals surface area contributed by atoms with Crippen LogP contribution in [-0.2, 0) is 6.54 Å². The lowest BCUT2D eigenvalue weighted by Crippen LogP contribution is -2.04. The molecule has 0 saturated carbocycles. The number of aromatic nitrogens is 4. The third-order valence-electron chi connectivity index (χ3n) is 2.41. The van der Waals surface area contributed by atoms with Crippen molar-refractivity contribution in [1.29, 1.82) is 0 Å². The van der Waals surface area contributed by atoms with Crippen molar-refractivity contribution in [1.82, 2.24) is 19.9 Å². The number of aromatic amines is 1. The topological polar surface area (TPSA) is 92.5 Å². The van der Waals surface area contributed by atoms with Gasteiger partial charge in [0.15, 0.2) is 11.5 Å². The molecule has 3 aromatic rings. The summed E-state index contributed by atoms with van der Waals surface area (Å²) >= 11 is 5.16. The Morgan fingerprint density at radius 3 is 3.11 bits per heavy atom. The Balaban J connectivity index is 1.90. The van der Waals surface area contributed by atoms with Crippen LogP contribution in [0.1, 0.15) is 4.88 Å². The lowest BCUT2D eigenvalue weighted by Gasteiger charge is -2.06. The number of H-pyrrole nitrogens is 1. The van der Waals surface area contributed by atoms with Crippen molar-refractivity contribution in [3.05, 3.63) is 27.1 Å². The Labute approximate surface area is 115 Å². The highest BCUT2D eigenvalue weighted by atomic mass is 79.9. The second-order valence-corrected chi connectivity index (χ2v) is 5.43. The zero-order valence-electron chi connectivity index (χ0n) is 9.14. The highest BCUT2D eigenvalue weighted by Crippen LogP contribution is 2.24. The number of hydrogen-bond acceptors (Lipinski definition) is 6. The molecule has 0 atom stereocenters. The molecule has 92 valence electrons. The van der Waals surface area contributed by atoms with Gasteiger partial charge in [-0.2, -0.15) is 9.97 Å². The minimum Gasteiger partial charge on any atom is -0.368 e. The number of nitrogens with one attached hydrogen (secondary N) is 2. The smallest absolute Gasteiger partial charge is 0.224 e. The average Bonchev–Trinajstić information content (AvgIpc) is 2.94. The van der Waals surface area contributed by atoms with E-state index in [9.17, 15) is 0 Å². The van der Waals surface area contributed by atoms with Crippen LogP contribution in [0.2, 0.25) is 0 Å². The van der Waals surface area contributed by atoms with Gasteiger partial charge in [-0.15, -0.1) is 11.3 Å². The molecule has 0 unspecified atom stereocenters. The summed E-state index contributed by atoms with van der Waals surface area (Å²) < 4.78 is 1.09. The first kappa shape index (κ1) is 11.4. The van der Waals surface area contributed by atoms with Gasteiger partial charge in [0, 0.05) is 9.35 Å². The van der Waals surface area contributed by atoms with Crippen molar-refractivity contribution in [3.8, 4) is 0 Å². The summed E-state index contributed by atoms with van der Waals surface area (Å²) in [6.45, 7) is 0.669. The van der Waals surface area contributed by atoms with Gasteiger partial charge in [0.25, 0.3) is 0 Å². The van der Waals surface area contributed by atoms with Gasteiger partial charge in [0.1, 0.15) is 5.52 Å². The Hall–Kier alpha value is -1.67. The first-order chi connectivity index (χ1) is 8.74. The molecule has 3 rings (SSSR count). The fourth-order valence-electron chi connectivity index (χ4n) is 1.59.